The molecule has 158 valence electrons. The summed E-state index contributed by atoms with van der Waals surface area (Å²) in [5.74, 6) is 1.56. The van der Waals surface area contributed by atoms with E-state index in [0.717, 1.165) is 37.0 Å². The van der Waals surface area contributed by atoms with Gasteiger partial charge in [-0.1, -0.05) is 12.2 Å². The Morgan fingerprint density at radius 1 is 1.27 bits per heavy atom. The number of nitrogens with zero attached hydrogens (tertiary/aromatic N) is 5. The maximum Gasteiger partial charge on any atom is 0.414 e. The van der Waals surface area contributed by atoms with Gasteiger partial charge >= 0.3 is 6.09 Å². The second-order valence-corrected chi connectivity index (χ2v) is 7.67. The van der Waals surface area contributed by atoms with Gasteiger partial charge in [-0.25, -0.2) is 14.8 Å². The molecule has 1 atom stereocenters. The van der Waals surface area contributed by atoms with E-state index in [-0.39, 0.29) is 11.7 Å². The molecule has 4 rings (SSSR count). The summed E-state index contributed by atoms with van der Waals surface area (Å²) in [6.07, 6.45) is 4.29. The van der Waals surface area contributed by atoms with Crippen molar-refractivity contribution >= 4 is 52.2 Å². The molecule has 0 saturated carbocycles. The van der Waals surface area contributed by atoms with Crippen LogP contribution < -0.4 is 15.1 Å². The summed E-state index contributed by atoms with van der Waals surface area (Å²) in [7, 11) is 0. The highest BCUT2D eigenvalue weighted by Gasteiger charge is 2.32. The molecule has 1 unspecified atom stereocenters. The number of aromatic amines is 1. The first kappa shape index (κ1) is 20.3. The number of ether oxygens (including phenoxy) is 1. The number of carbonyl (C=O) groups excluding carboxylic acids is 1. The molecular weight excluding hydrogens is 426 g/mol. The fourth-order valence-corrected chi connectivity index (χ4v) is 3.81. The van der Waals surface area contributed by atoms with E-state index in [1.807, 2.05) is 12.1 Å². The number of pyridine rings is 1. The fraction of sp³-hybridized carbons (Fsp3) is 0.389. The van der Waals surface area contributed by atoms with Crippen LogP contribution >= 0.6 is 24.4 Å². The largest absolute Gasteiger partial charge is 0.487 e. The van der Waals surface area contributed by atoms with Crippen molar-refractivity contribution in [1.29, 1.82) is 0 Å². The third kappa shape index (κ3) is 4.44. The predicted octanol–water partition coefficient (Wildman–Crippen LogP) is 1.06. The van der Waals surface area contributed by atoms with E-state index in [0.29, 0.717) is 18.1 Å². The summed E-state index contributed by atoms with van der Waals surface area (Å²) in [5, 5.41) is 11.3. The molecule has 0 radical (unpaired) electrons. The zero-order chi connectivity index (χ0) is 21.1. The highest BCUT2D eigenvalue weighted by atomic mass is 32.1. The van der Waals surface area contributed by atoms with Gasteiger partial charge in [0.25, 0.3) is 5.17 Å². The average Bonchev–Trinajstić information content (AvgIpc) is 3.42. The van der Waals surface area contributed by atoms with Gasteiger partial charge in [-0.3, -0.25) is 4.90 Å². The smallest absolute Gasteiger partial charge is 0.414 e. The van der Waals surface area contributed by atoms with Gasteiger partial charge < -0.3 is 29.9 Å². The molecule has 0 spiro atoms. The van der Waals surface area contributed by atoms with Gasteiger partial charge in [0.2, 0.25) is 0 Å². The number of hydrogen-bond donors (Lipinski definition) is 3. The maximum atomic E-state index is 12.1. The number of amides is 1. The van der Waals surface area contributed by atoms with E-state index < -0.39 is 12.2 Å². The Hall–Kier alpha value is -2.99. The Morgan fingerprint density at radius 3 is 2.70 bits per heavy atom. The number of aromatic nitrogens is 3. The monoisotopic (exact) mass is 447 g/mol. The molecule has 10 nitrogen and oxygen atoms in total. The zero-order valence-electron chi connectivity index (χ0n) is 16.0. The average molecular weight is 448 g/mol. The second kappa shape index (κ2) is 8.79. The summed E-state index contributed by atoms with van der Waals surface area (Å²) in [6.45, 7) is 3.75. The van der Waals surface area contributed by atoms with Crippen LogP contribution in [0.3, 0.4) is 0 Å². The molecule has 4 heterocycles. The molecule has 2 saturated heterocycles. The Bertz CT molecular complexity index is 914. The molecule has 30 heavy (non-hydrogen) atoms. The van der Waals surface area contributed by atoms with Crippen molar-refractivity contribution in [2.45, 2.75) is 6.10 Å². The number of cyclic esters (lactones) is 1. The Balaban J connectivity index is 1.33. The van der Waals surface area contributed by atoms with Gasteiger partial charge in [0, 0.05) is 38.6 Å². The van der Waals surface area contributed by atoms with Crippen molar-refractivity contribution in [3.8, 4) is 0 Å². The number of nitrogens with one attached hydrogen (secondary N) is 2. The van der Waals surface area contributed by atoms with Crippen molar-refractivity contribution < 1.29 is 14.6 Å². The van der Waals surface area contributed by atoms with Crippen molar-refractivity contribution in [3.63, 3.8) is 0 Å². The van der Waals surface area contributed by atoms with Crippen LogP contribution in [0.1, 0.15) is 5.82 Å². The fourth-order valence-electron chi connectivity index (χ4n) is 3.44. The van der Waals surface area contributed by atoms with Crippen LogP contribution in [0.2, 0.25) is 0 Å². The molecule has 2 aromatic heterocycles. The van der Waals surface area contributed by atoms with Crippen LogP contribution in [0.4, 0.5) is 16.3 Å². The first-order chi connectivity index (χ1) is 14.5. The van der Waals surface area contributed by atoms with Gasteiger partial charge in [0.05, 0.1) is 25.0 Å². The first-order valence-electron chi connectivity index (χ1n) is 9.46. The molecule has 12 heteroatoms. The molecule has 1 amide bonds. The molecule has 0 bridgehead atoms. The van der Waals surface area contributed by atoms with Crippen molar-refractivity contribution in [3.05, 3.63) is 36.5 Å². The number of aliphatic hydroxyl groups excluding tert-OH is 1. The first-order valence-corrected chi connectivity index (χ1v) is 10.3. The molecule has 3 N–H and O–H groups in total. The van der Waals surface area contributed by atoms with Gasteiger partial charge in [0.1, 0.15) is 16.9 Å². The van der Waals surface area contributed by atoms with E-state index in [1.54, 1.807) is 18.6 Å². The lowest BCUT2D eigenvalue weighted by Gasteiger charge is -2.36. The standard InChI is InChI=1S/C18H21N7O3S2/c26-17(30)22-10-13-11-25(18(27)28-13)12-1-2-14(21-9-12)23-5-7-24(8-6-23)16(29)15-19-3-4-20-15/h1-4,9,13H,5-8,10-11H2,(H,19,20)(H2,22,26,30). The highest BCUT2D eigenvalue weighted by Crippen LogP contribution is 2.23. The van der Waals surface area contributed by atoms with Crippen molar-refractivity contribution in [1.82, 2.24) is 25.2 Å². The number of H-pyrrole nitrogens is 1. The molecule has 2 aromatic rings. The lowest BCUT2D eigenvalue weighted by atomic mass is 10.2. The number of aliphatic hydroxyl groups is 1. The molecule has 2 aliphatic rings. The number of anilines is 2. The second-order valence-electron chi connectivity index (χ2n) is 6.89. The van der Waals surface area contributed by atoms with E-state index >= 15 is 0 Å². The normalized spacial score (nSPS) is 19.0. The quantitative estimate of drug-likeness (QED) is 0.576. The van der Waals surface area contributed by atoms with Crippen LogP contribution in [0.5, 0.6) is 0 Å². The number of thiocarbonyl (C=S) groups is 2. The van der Waals surface area contributed by atoms with Gasteiger partial charge in [-0.2, -0.15) is 0 Å². The van der Waals surface area contributed by atoms with Crippen molar-refractivity contribution in [2.75, 3.05) is 49.1 Å². The minimum atomic E-state index is -0.444. The van der Waals surface area contributed by atoms with Gasteiger partial charge in [0.15, 0.2) is 5.82 Å². The lowest BCUT2D eigenvalue weighted by Crippen LogP contribution is -2.49. The molecule has 2 aliphatic heterocycles. The van der Waals surface area contributed by atoms with Crippen molar-refractivity contribution in [2.24, 2.45) is 0 Å². The van der Waals surface area contributed by atoms with E-state index in [2.05, 4.69) is 42.3 Å². The summed E-state index contributed by atoms with van der Waals surface area (Å²) >= 11 is 10.1. The zero-order valence-corrected chi connectivity index (χ0v) is 17.7. The molecular formula is C18H21N7O3S2. The highest BCUT2D eigenvalue weighted by molar-refractivity contribution is 7.80. The van der Waals surface area contributed by atoms with Crippen LogP contribution in [0.25, 0.3) is 0 Å². The van der Waals surface area contributed by atoms with E-state index in [1.165, 1.54) is 4.90 Å². The topological polar surface area (TPSA) is 110 Å². The van der Waals surface area contributed by atoms with Gasteiger partial charge in [-0.15, -0.1) is 0 Å². The summed E-state index contributed by atoms with van der Waals surface area (Å²) in [6, 6.07) is 3.76. The number of piperazine rings is 1. The third-order valence-corrected chi connectivity index (χ3v) is 5.59. The number of carbonyl (C=O) groups is 1. The Labute approximate surface area is 183 Å². The lowest BCUT2D eigenvalue weighted by molar-refractivity contribution is 0.142. The number of hydrogen-bond acceptors (Lipinski definition) is 7. The minimum absolute atomic E-state index is 0.257. The van der Waals surface area contributed by atoms with Crippen LogP contribution in [0, 0.1) is 0 Å². The van der Waals surface area contributed by atoms with Crippen LogP contribution in [-0.2, 0) is 4.74 Å². The Kier molecular flexibility index (Phi) is 5.95. The minimum Gasteiger partial charge on any atom is -0.487 e. The summed E-state index contributed by atoms with van der Waals surface area (Å²) in [5.41, 5.74) is 0.662. The molecule has 2 fully saturated rings. The SMILES string of the molecule is O=C1OC(CNC(O)=S)CN1c1ccc(N2CCN(C(=S)c3ncc[nH]3)CC2)nc1. The Morgan fingerprint density at radius 2 is 2.07 bits per heavy atom. The van der Waals surface area contributed by atoms with Crippen LogP contribution in [0.15, 0.2) is 30.7 Å². The van der Waals surface area contributed by atoms with Crippen LogP contribution in [-0.4, -0.2) is 86.6 Å². The third-order valence-electron chi connectivity index (χ3n) is 4.99. The van der Waals surface area contributed by atoms with E-state index in [4.69, 9.17) is 22.1 Å². The summed E-state index contributed by atoms with van der Waals surface area (Å²) in [4.78, 5) is 30.5. The number of rotatable bonds is 5. The molecule has 0 aliphatic carbocycles. The maximum absolute atomic E-state index is 12.1. The van der Waals surface area contributed by atoms with E-state index in [9.17, 15) is 4.79 Å². The summed E-state index contributed by atoms with van der Waals surface area (Å²) < 4.78 is 5.28. The predicted molar refractivity (Wildman–Crippen MR) is 119 cm³/mol. The van der Waals surface area contributed by atoms with Gasteiger partial charge in [-0.05, 0) is 24.4 Å². The molecule has 0 aromatic carbocycles. The number of imidazole rings is 1.